The highest BCUT2D eigenvalue weighted by Gasteiger charge is 2.24. The number of benzene rings is 1. The van der Waals surface area contributed by atoms with Crippen LogP contribution in [0.4, 0.5) is 0 Å². The molecule has 6 heteroatoms. The lowest BCUT2D eigenvalue weighted by atomic mass is 9.89. The van der Waals surface area contributed by atoms with Crippen LogP contribution in [0, 0.1) is 11.3 Å². The molecule has 6 nitrogen and oxygen atoms in total. The first-order chi connectivity index (χ1) is 11.6. The van der Waals surface area contributed by atoms with Crippen LogP contribution in [-0.4, -0.2) is 33.4 Å². The van der Waals surface area contributed by atoms with E-state index in [0.29, 0.717) is 17.3 Å². The van der Waals surface area contributed by atoms with Crippen molar-refractivity contribution in [2.75, 3.05) is 6.54 Å². The van der Waals surface area contributed by atoms with Crippen molar-refractivity contribution in [3.63, 3.8) is 0 Å². The van der Waals surface area contributed by atoms with Gasteiger partial charge in [-0.2, -0.15) is 5.10 Å². The molecule has 1 atom stereocenters. The van der Waals surface area contributed by atoms with Gasteiger partial charge < -0.3 is 10.4 Å². The number of hydrogen-bond acceptors (Lipinski definition) is 4. The van der Waals surface area contributed by atoms with Crippen molar-refractivity contribution in [1.82, 2.24) is 15.1 Å². The van der Waals surface area contributed by atoms with Gasteiger partial charge in [0.15, 0.2) is 5.69 Å². The van der Waals surface area contributed by atoms with Gasteiger partial charge in [-0.15, -0.1) is 0 Å². The number of nitrogens with one attached hydrogen (secondary N) is 1. The Morgan fingerprint density at radius 1 is 1.24 bits per heavy atom. The molecule has 0 bridgehead atoms. The molecule has 0 spiro atoms. The number of amides is 1. The number of rotatable bonds is 5. The van der Waals surface area contributed by atoms with Gasteiger partial charge >= 0.3 is 0 Å². The lowest BCUT2D eigenvalue weighted by Gasteiger charge is -2.25. The molecule has 1 unspecified atom stereocenters. The molecule has 0 saturated heterocycles. The maximum atomic E-state index is 12.6. The number of hydrogen-bond donors (Lipinski definition) is 2. The zero-order chi connectivity index (χ0) is 18.8. The van der Waals surface area contributed by atoms with E-state index in [1.54, 1.807) is 24.3 Å². The van der Waals surface area contributed by atoms with Crippen molar-refractivity contribution in [3.8, 4) is 0 Å². The van der Waals surface area contributed by atoms with Crippen molar-refractivity contribution in [3.05, 3.63) is 40.3 Å². The molecule has 1 aromatic carbocycles. The van der Waals surface area contributed by atoms with Crippen LogP contribution in [0.3, 0.4) is 0 Å². The third-order valence-corrected chi connectivity index (χ3v) is 4.08. The summed E-state index contributed by atoms with van der Waals surface area (Å²) in [5.74, 6) is -0.165. The number of aliphatic hydroxyl groups is 1. The normalized spacial score (nSPS) is 13.2. The molecular weight excluding hydrogens is 318 g/mol. The monoisotopic (exact) mass is 345 g/mol. The average molecular weight is 345 g/mol. The Labute approximate surface area is 147 Å². The number of fused-ring (bicyclic) bond motifs is 1. The van der Waals surface area contributed by atoms with E-state index in [-0.39, 0.29) is 29.1 Å². The Hall–Kier alpha value is -2.21. The average Bonchev–Trinajstić information content (AvgIpc) is 2.53. The highest BCUT2D eigenvalue weighted by atomic mass is 16.3. The van der Waals surface area contributed by atoms with Crippen LogP contribution in [-0.2, 0) is 6.54 Å². The van der Waals surface area contributed by atoms with Crippen LogP contribution >= 0.6 is 0 Å². The molecule has 1 heterocycles. The van der Waals surface area contributed by atoms with E-state index >= 15 is 0 Å². The van der Waals surface area contributed by atoms with E-state index in [4.69, 9.17) is 0 Å². The molecule has 25 heavy (non-hydrogen) atoms. The molecule has 0 saturated carbocycles. The molecule has 2 rings (SSSR count). The van der Waals surface area contributed by atoms with Gasteiger partial charge in [0.1, 0.15) is 0 Å². The third kappa shape index (κ3) is 4.45. The Bertz CT molecular complexity index is 819. The summed E-state index contributed by atoms with van der Waals surface area (Å²) in [6, 6.07) is 6.97. The highest BCUT2D eigenvalue weighted by molar-refractivity contribution is 6.04. The van der Waals surface area contributed by atoms with Crippen molar-refractivity contribution in [1.29, 1.82) is 0 Å². The van der Waals surface area contributed by atoms with Crippen LogP contribution in [0.15, 0.2) is 29.1 Å². The Balaban J connectivity index is 2.41. The Morgan fingerprint density at radius 3 is 2.40 bits per heavy atom. The smallest absolute Gasteiger partial charge is 0.274 e. The molecule has 0 aliphatic heterocycles. The molecule has 1 amide bonds. The van der Waals surface area contributed by atoms with E-state index in [9.17, 15) is 14.7 Å². The van der Waals surface area contributed by atoms with E-state index in [2.05, 4.69) is 10.4 Å². The number of aromatic nitrogens is 2. The van der Waals surface area contributed by atoms with Gasteiger partial charge in [-0.25, -0.2) is 4.68 Å². The Morgan fingerprint density at radius 2 is 1.84 bits per heavy atom. The quantitative estimate of drug-likeness (QED) is 0.870. The van der Waals surface area contributed by atoms with Crippen molar-refractivity contribution in [2.45, 2.75) is 47.3 Å². The summed E-state index contributed by atoms with van der Waals surface area (Å²) in [6.07, 6.45) is -0.677. The van der Waals surface area contributed by atoms with Gasteiger partial charge in [-0.3, -0.25) is 9.59 Å². The van der Waals surface area contributed by atoms with E-state index in [1.807, 2.05) is 34.6 Å². The van der Waals surface area contributed by atoms with Crippen molar-refractivity contribution >= 4 is 16.7 Å². The van der Waals surface area contributed by atoms with E-state index < -0.39 is 12.0 Å². The molecule has 0 fully saturated rings. The third-order valence-electron chi connectivity index (χ3n) is 4.08. The maximum Gasteiger partial charge on any atom is 0.274 e. The second-order valence-corrected chi connectivity index (χ2v) is 7.87. The van der Waals surface area contributed by atoms with Gasteiger partial charge in [0.25, 0.3) is 11.5 Å². The highest BCUT2D eigenvalue weighted by Crippen LogP contribution is 2.19. The van der Waals surface area contributed by atoms with Crippen LogP contribution in [0.25, 0.3) is 10.8 Å². The summed E-state index contributed by atoms with van der Waals surface area (Å²) in [6.45, 7) is 10.3. The lowest BCUT2D eigenvalue weighted by Crippen LogP contribution is -2.40. The summed E-state index contributed by atoms with van der Waals surface area (Å²) < 4.78 is 1.35. The first kappa shape index (κ1) is 19.1. The summed E-state index contributed by atoms with van der Waals surface area (Å²) in [5, 5.41) is 18.1. The molecular formula is C19H27N3O3. The zero-order valence-electron chi connectivity index (χ0n) is 15.5. The fourth-order valence-electron chi connectivity index (χ4n) is 2.45. The van der Waals surface area contributed by atoms with E-state index in [0.717, 1.165) is 0 Å². The standard InChI is InChI=1S/C19H27N3O3/c1-12(2)11-22-18(25)14-9-7-6-8-13(14)16(21-22)17(24)20-10-15(23)19(3,4)5/h6-9,12,15,23H,10-11H2,1-5H3,(H,20,24). The fraction of sp³-hybridized carbons (Fsp3) is 0.526. The minimum atomic E-state index is -0.677. The van der Waals surface area contributed by atoms with Crippen LogP contribution in [0.2, 0.25) is 0 Å². The fourth-order valence-corrected chi connectivity index (χ4v) is 2.45. The van der Waals surface area contributed by atoms with Crippen LogP contribution < -0.4 is 10.9 Å². The topological polar surface area (TPSA) is 84.2 Å². The predicted molar refractivity (Wildman–Crippen MR) is 98.6 cm³/mol. The zero-order valence-corrected chi connectivity index (χ0v) is 15.5. The van der Waals surface area contributed by atoms with Gasteiger partial charge in [-0.1, -0.05) is 52.8 Å². The molecule has 0 aliphatic rings. The first-order valence-electron chi connectivity index (χ1n) is 8.57. The maximum absolute atomic E-state index is 12.6. The predicted octanol–water partition coefficient (Wildman–Crippen LogP) is 2.19. The first-order valence-corrected chi connectivity index (χ1v) is 8.57. The lowest BCUT2D eigenvalue weighted by molar-refractivity contribution is 0.0585. The van der Waals surface area contributed by atoms with Crippen LogP contribution in [0.1, 0.15) is 45.1 Å². The van der Waals surface area contributed by atoms with Crippen LogP contribution in [0.5, 0.6) is 0 Å². The second-order valence-electron chi connectivity index (χ2n) is 7.87. The van der Waals surface area contributed by atoms with Gasteiger partial charge in [0.05, 0.1) is 11.5 Å². The number of nitrogens with zero attached hydrogens (tertiary/aromatic N) is 2. The number of aliphatic hydroxyl groups excluding tert-OH is 1. The number of carbonyl (C=O) groups excluding carboxylic acids is 1. The van der Waals surface area contributed by atoms with Gasteiger partial charge in [-0.05, 0) is 17.4 Å². The van der Waals surface area contributed by atoms with Crippen molar-refractivity contribution in [2.24, 2.45) is 11.3 Å². The molecule has 2 aromatic rings. The van der Waals surface area contributed by atoms with Gasteiger partial charge in [0, 0.05) is 18.5 Å². The van der Waals surface area contributed by atoms with E-state index in [1.165, 1.54) is 4.68 Å². The molecule has 0 aliphatic carbocycles. The summed E-state index contributed by atoms with van der Waals surface area (Å²) >= 11 is 0. The molecule has 0 radical (unpaired) electrons. The van der Waals surface area contributed by atoms with Gasteiger partial charge in [0.2, 0.25) is 0 Å². The number of carbonyl (C=O) groups is 1. The Kier molecular flexibility index (Phi) is 5.62. The van der Waals surface area contributed by atoms with Crippen molar-refractivity contribution < 1.29 is 9.90 Å². The molecule has 136 valence electrons. The summed E-state index contributed by atoms with van der Waals surface area (Å²) in [7, 11) is 0. The summed E-state index contributed by atoms with van der Waals surface area (Å²) in [5.41, 5.74) is -0.327. The second kappa shape index (κ2) is 7.35. The molecule has 2 N–H and O–H groups in total. The SMILES string of the molecule is CC(C)Cn1nc(C(=O)NCC(O)C(C)(C)C)c2ccccc2c1=O. The minimum absolute atomic E-state index is 0.127. The largest absolute Gasteiger partial charge is 0.391 e. The minimum Gasteiger partial charge on any atom is -0.391 e. The molecule has 1 aromatic heterocycles. The summed E-state index contributed by atoms with van der Waals surface area (Å²) in [4.78, 5) is 25.2.